The first-order chi connectivity index (χ1) is 13.5. The highest BCUT2D eigenvalue weighted by atomic mass is 28.4. The van der Waals surface area contributed by atoms with Crippen LogP contribution in [-0.2, 0) is 9.16 Å². The number of unbranched alkanes of at least 4 members (excludes halogenated alkanes) is 2. The van der Waals surface area contributed by atoms with Crippen molar-refractivity contribution in [3.63, 3.8) is 0 Å². The molecule has 1 saturated heterocycles. The highest BCUT2D eigenvalue weighted by Gasteiger charge is 2.49. The summed E-state index contributed by atoms with van der Waals surface area (Å²) < 4.78 is 12.3. The van der Waals surface area contributed by atoms with Gasteiger partial charge < -0.3 is 14.3 Å². The average Bonchev–Trinajstić information content (AvgIpc) is 3.46. The minimum Gasteiger partial charge on any atom is -0.407 e. The molecule has 1 fully saturated rings. The van der Waals surface area contributed by atoms with Gasteiger partial charge in [0, 0.05) is 6.61 Å². The molecule has 0 saturated carbocycles. The van der Waals surface area contributed by atoms with Gasteiger partial charge in [-0.3, -0.25) is 0 Å². The fraction of sp³-hybridized carbons (Fsp3) is 0.500. The highest BCUT2D eigenvalue weighted by molar-refractivity contribution is 6.99. The molecule has 0 aliphatic carbocycles. The third kappa shape index (κ3) is 4.74. The Morgan fingerprint density at radius 3 is 1.89 bits per heavy atom. The van der Waals surface area contributed by atoms with Crippen molar-refractivity contribution in [1.29, 1.82) is 0 Å². The Balaban J connectivity index is 1.70. The van der Waals surface area contributed by atoms with Gasteiger partial charge in [-0.2, -0.15) is 0 Å². The van der Waals surface area contributed by atoms with E-state index in [0.717, 1.165) is 32.3 Å². The van der Waals surface area contributed by atoms with Crippen molar-refractivity contribution in [1.82, 2.24) is 0 Å². The van der Waals surface area contributed by atoms with Gasteiger partial charge in [-0.05, 0) is 28.3 Å². The lowest BCUT2D eigenvalue weighted by molar-refractivity contribution is 0.241. The molecule has 0 radical (unpaired) electrons. The Kier molecular flexibility index (Phi) is 7.10. The predicted molar refractivity (Wildman–Crippen MR) is 118 cm³/mol. The van der Waals surface area contributed by atoms with Crippen LogP contribution in [0.15, 0.2) is 60.7 Å². The average molecular weight is 399 g/mol. The van der Waals surface area contributed by atoms with Crippen molar-refractivity contribution in [2.75, 3.05) is 13.2 Å². The van der Waals surface area contributed by atoms with E-state index >= 15 is 0 Å². The van der Waals surface area contributed by atoms with Crippen LogP contribution >= 0.6 is 0 Å². The van der Waals surface area contributed by atoms with Gasteiger partial charge >= 0.3 is 0 Å². The van der Waals surface area contributed by atoms with Crippen LogP contribution in [-0.4, -0.2) is 38.8 Å². The van der Waals surface area contributed by atoms with Gasteiger partial charge in [-0.15, -0.1) is 0 Å². The maximum atomic E-state index is 9.06. The molecule has 152 valence electrons. The molecule has 1 N–H and O–H groups in total. The van der Waals surface area contributed by atoms with Gasteiger partial charge in [0.2, 0.25) is 0 Å². The van der Waals surface area contributed by atoms with Crippen molar-refractivity contribution >= 4 is 18.7 Å². The normalized spacial score (nSPS) is 19.6. The molecule has 1 aliphatic heterocycles. The quantitative estimate of drug-likeness (QED) is 0.375. The molecule has 0 spiro atoms. The van der Waals surface area contributed by atoms with Crippen LogP contribution in [0, 0.1) is 0 Å². The molecule has 0 aromatic heterocycles. The Labute approximate surface area is 170 Å². The van der Waals surface area contributed by atoms with Gasteiger partial charge in [0.05, 0.1) is 12.7 Å². The number of epoxide rings is 1. The van der Waals surface area contributed by atoms with Gasteiger partial charge in [-0.25, -0.2) is 0 Å². The number of aliphatic hydroxyl groups excluding tert-OH is 1. The smallest absolute Gasteiger partial charge is 0.261 e. The van der Waals surface area contributed by atoms with Gasteiger partial charge in [0.25, 0.3) is 8.32 Å². The van der Waals surface area contributed by atoms with Crippen molar-refractivity contribution < 1.29 is 14.3 Å². The van der Waals surface area contributed by atoms with Crippen LogP contribution in [0.25, 0.3) is 0 Å². The third-order valence-electron chi connectivity index (χ3n) is 5.74. The lowest BCUT2D eigenvalue weighted by Gasteiger charge is -2.43. The first kappa shape index (κ1) is 21.3. The molecule has 1 heterocycles. The standard InChI is InChI=1S/C24H34O3Si/c1-24(2,3)28(20-13-7-4-8-14-20,21-15-9-5-10-16-21)26-18-12-6-11-17-22-23(19-25)27-22/h4-5,7-10,13-16,22-23,25H,6,11-12,17-19H2,1-3H3/t22-,23-/m0/s1. The molecule has 2 aromatic carbocycles. The van der Waals surface area contributed by atoms with Crippen LogP contribution in [0.4, 0.5) is 0 Å². The second-order valence-corrected chi connectivity index (χ2v) is 13.1. The number of hydrogen-bond donors (Lipinski definition) is 1. The zero-order chi connectivity index (χ0) is 20.0. The van der Waals surface area contributed by atoms with Crippen molar-refractivity contribution in [3.8, 4) is 0 Å². The summed E-state index contributed by atoms with van der Waals surface area (Å²) in [7, 11) is -2.39. The van der Waals surface area contributed by atoms with Crippen LogP contribution in [0.1, 0.15) is 46.5 Å². The fourth-order valence-corrected chi connectivity index (χ4v) is 8.81. The number of benzene rings is 2. The zero-order valence-corrected chi connectivity index (χ0v) is 18.4. The Morgan fingerprint density at radius 2 is 1.43 bits per heavy atom. The molecule has 4 heteroatoms. The maximum absolute atomic E-state index is 9.06. The SMILES string of the molecule is CC(C)(C)[Si](OCCCCC[C@@H]1O[C@H]1CO)(c1ccccc1)c1ccccc1. The first-order valence-corrected chi connectivity index (χ1v) is 12.4. The molecule has 3 rings (SSSR count). The van der Waals surface area contributed by atoms with E-state index in [0.29, 0.717) is 0 Å². The van der Waals surface area contributed by atoms with E-state index in [1.54, 1.807) is 0 Å². The van der Waals surface area contributed by atoms with Gasteiger partial charge in [-0.1, -0.05) is 94.3 Å². The molecule has 3 nitrogen and oxygen atoms in total. The molecule has 0 amide bonds. The summed E-state index contributed by atoms with van der Waals surface area (Å²) in [6.07, 6.45) is 4.74. The van der Waals surface area contributed by atoms with Crippen molar-refractivity contribution in [2.45, 2.75) is 63.7 Å². The number of rotatable bonds is 10. The second-order valence-electron chi connectivity index (χ2n) is 8.76. The van der Waals surface area contributed by atoms with E-state index in [9.17, 15) is 0 Å². The van der Waals surface area contributed by atoms with E-state index in [2.05, 4.69) is 81.4 Å². The molecular formula is C24H34O3Si. The lowest BCUT2D eigenvalue weighted by Crippen LogP contribution is -2.66. The van der Waals surface area contributed by atoms with E-state index < -0.39 is 8.32 Å². The summed E-state index contributed by atoms with van der Waals surface area (Å²) >= 11 is 0. The number of aliphatic hydroxyl groups is 1. The van der Waals surface area contributed by atoms with E-state index in [1.165, 1.54) is 10.4 Å². The summed E-state index contributed by atoms with van der Waals surface area (Å²) in [5.74, 6) is 0. The molecule has 2 aromatic rings. The summed E-state index contributed by atoms with van der Waals surface area (Å²) in [5, 5.41) is 11.8. The first-order valence-electron chi connectivity index (χ1n) is 10.5. The van der Waals surface area contributed by atoms with E-state index in [1.807, 2.05) is 0 Å². The maximum Gasteiger partial charge on any atom is 0.261 e. The van der Waals surface area contributed by atoms with Crippen molar-refractivity contribution in [3.05, 3.63) is 60.7 Å². The largest absolute Gasteiger partial charge is 0.407 e. The van der Waals surface area contributed by atoms with Crippen LogP contribution in [0.5, 0.6) is 0 Å². The lowest BCUT2D eigenvalue weighted by atomic mass is 10.1. The number of hydrogen-bond acceptors (Lipinski definition) is 3. The molecule has 1 aliphatic rings. The minimum atomic E-state index is -2.39. The Morgan fingerprint density at radius 1 is 0.857 bits per heavy atom. The molecule has 0 bridgehead atoms. The fourth-order valence-electron chi connectivity index (χ4n) is 4.20. The predicted octanol–water partition coefficient (Wildman–Crippen LogP) is 3.88. The van der Waals surface area contributed by atoms with Crippen molar-refractivity contribution in [2.24, 2.45) is 0 Å². The summed E-state index contributed by atoms with van der Waals surface area (Å²) in [6.45, 7) is 7.89. The monoisotopic (exact) mass is 398 g/mol. The van der Waals surface area contributed by atoms with Gasteiger partial charge in [0.15, 0.2) is 0 Å². The second kappa shape index (κ2) is 9.36. The Hall–Kier alpha value is -1.46. The molecule has 28 heavy (non-hydrogen) atoms. The minimum absolute atomic E-state index is 0.0336. The summed E-state index contributed by atoms with van der Waals surface area (Å²) in [4.78, 5) is 0. The summed E-state index contributed by atoms with van der Waals surface area (Å²) in [6, 6.07) is 21.6. The topological polar surface area (TPSA) is 42.0 Å². The molecular weight excluding hydrogens is 364 g/mol. The highest BCUT2D eigenvalue weighted by Crippen LogP contribution is 2.37. The molecule has 0 unspecified atom stereocenters. The van der Waals surface area contributed by atoms with Crippen LogP contribution in [0.3, 0.4) is 0 Å². The molecule has 2 atom stereocenters. The third-order valence-corrected chi connectivity index (χ3v) is 10.8. The zero-order valence-electron chi connectivity index (χ0n) is 17.4. The van der Waals surface area contributed by atoms with Crippen LogP contribution < -0.4 is 10.4 Å². The van der Waals surface area contributed by atoms with E-state index in [-0.39, 0.29) is 23.9 Å². The van der Waals surface area contributed by atoms with E-state index in [4.69, 9.17) is 14.3 Å². The summed E-state index contributed by atoms with van der Waals surface area (Å²) in [5.41, 5.74) is 0. The number of ether oxygens (including phenoxy) is 1. The van der Waals surface area contributed by atoms with Gasteiger partial charge in [0.1, 0.15) is 6.10 Å². The Bertz CT molecular complexity index is 672. The van der Waals surface area contributed by atoms with Crippen LogP contribution in [0.2, 0.25) is 5.04 Å².